The largest absolute Gasteiger partial charge is 0.399 e. The van der Waals surface area contributed by atoms with Gasteiger partial charge in [-0.15, -0.1) is 0 Å². The Labute approximate surface area is 123 Å². The molecule has 0 aromatic heterocycles. The van der Waals surface area contributed by atoms with Crippen LogP contribution >= 0.6 is 11.6 Å². The molecule has 4 heteroatoms. The van der Waals surface area contributed by atoms with Gasteiger partial charge in [-0.25, -0.2) is 0 Å². The summed E-state index contributed by atoms with van der Waals surface area (Å²) in [5, 5.41) is 3.55. The third-order valence-corrected chi connectivity index (χ3v) is 3.77. The zero-order valence-electron chi connectivity index (χ0n) is 11.5. The van der Waals surface area contributed by atoms with Crippen LogP contribution in [-0.4, -0.2) is 5.91 Å². The third-order valence-electron chi connectivity index (χ3n) is 3.35. The number of aryl methyl sites for hydroxylation is 1. The van der Waals surface area contributed by atoms with E-state index in [9.17, 15) is 4.79 Å². The fraction of sp³-hybridized carbons (Fsp3) is 0.188. The molecule has 20 heavy (non-hydrogen) atoms. The van der Waals surface area contributed by atoms with Gasteiger partial charge in [0.15, 0.2) is 0 Å². The van der Waals surface area contributed by atoms with Crippen LogP contribution in [0.25, 0.3) is 0 Å². The van der Waals surface area contributed by atoms with Gasteiger partial charge in [-0.3, -0.25) is 4.79 Å². The second-order valence-electron chi connectivity index (χ2n) is 4.78. The van der Waals surface area contributed by atoms with Crippen molar-refractivity contribution in [3.05, 3.63) is 63.7 Å². The molecular weight excluding hydrogens is 272 g/mol. The van der Waals surface area contributed by atoms with Crippen molar-refractivity contribution in [1.82, 2.24) is 5.32 Å². The summed E-state index contributed by atoms with van der Waals surface area (Å²) in [7, 11) is 0. The Kier molecular flexibility index (Phi) is 4.30. The monoisotopic (exact) mass is 288 g/mol. The van der Waals surface area contributed by atoms with Crippen LogP contribution < -0.4 is 11.1 Å². The van der Waals surface area contributed by atoms with Gasteiger partial charge < -0.3 is 11.1 Å². The molecule has 0 unspecified atom stereocenters. The van der Waals surface area contributed by atoms with Crippen molar-refractivity contribution in [3.63, 3.8) is 0 Å². The molecule has 0 aliphatic carbocycles. The molecule has 3 N–H and O–H groups in total. The van der Waals surface area contributed by atoms with E-state index in [0.29, 0.717) is 17.1 Å². The molecule has 0 aliphatic rings. The zero-order chi connectivity index (χ0) is 14.7. The fourth-order valence-electron chi connectivity index (χ4n) is 1.96. The maximum atomic E-state index is 12.1. The number of nitrogen functional groups attached to an aromatic ring is 1. The Morgan fingerprint density at radius 2 is 2.00 bits per heavy atom. The van der Waals surface area contributed by atoms with Gasteiger partial charge in [-0.1, -0.05) is 23.7 Å². The summed E-state index contributed by atoms with van der Waals surface area (Å²) in [6.45, 7) is 4.28. The molecular formula is C16H17ClN2O. The number of amides is 1. The van der Waals surface area contributed by atoms with Gasteiger partial charge in [-0.05, 0) is 54.8 Å². The number of anilines is 1. The average molecular weight is 289 g/mol. The van der Waals surface area contributed by atoms with E-state index in [4.69, 9.17) is 17.3 Å². The molecule has 0 saturated heterocycles. The first-order valence-corrected chi connectivity index (χ1v) is 6.75. The Morgan fingerprint density at radius 3 is 2.70 bits per heavy atom. The van der Waals surface area contributed by atoms with Crippen molar-refractivity contribution in [3.8, 4) is 0 Å². The second-order valence-corrected chi connectivity index (χ2v) is 5.19. The number of carbonyl (C=O) groups is 1. The van der Waals surface area contributed by atoms with E-state index < -0.39 is 0 Å². The number of benzene rings is 2. The highest BCUT2D eigenvalue weighted by Gasteiger charge is 2.08. The highest BCUT2D eigenvalue weighted by Crippen LogP contribution is 2.17. The van der Waals surface area contributed by atoms with Crippen molar-refractivity contribution in [2.24, 2.45) is 0 Å². The number of carbonyl (C=O) groups excluding carboxylic acids is 1. The van der Waals surface area contributed by atoms with Crippen LogP contribution in [0, 0.1) is 13.8 Å². The van der Waals surface area contributed by atoms with Crippen LogP contribution in [0.15, 0.2) is 36.4 Å². The van der Waals surface area contributed by atoms with Crippen LogP contribution in [0.5, 0.6) is 0 Å². The number of rotatable bonds is 3. The van der Waals surface area contributed by atoms with Gasteiger partial charge in [0, 0.05) is 22.8 Å². The number of hydrogen-bond donors (Lipinski definition) is 2. The van der Waals surface area contributed by atoms with Crippen LogP contribution in [0.4, 0.5) is 5.69 Å². The first kappa shape index (κ1) is 14.4. The maximum absolute atomic E-state index is 12.1. The minimum absolute atomic E-state index is 0.119. The topological polar surface area (TPSA) is 55.1 Å². The van der Waals surface area contributed by atoms with Gasteiger partial charge in [0.1, 0.15) is 0 Å². The lowest BCUT2D eigenvalue weighted by atomic mass is 10.1. The predicted octanol–water partition coefficient (Wildman–Crippen LogP) is 3.47. The summed E-state index contributed by atoms with van der Waals surface area (Å²) in [5.41, 5.74) is 10.1. The average Bonchev–Trinajstić information content (AvgIpc) is 2.43. The molecule has 0 spiro atoms. The first-order valence-electron chi connectivity index (χ1n) is 6.37. The standard InChI is InChI=1S/C16H17ClN2O/c1-10-8-12(6-7-14(10)17)16(20)19-9-13-4-3-5-15(18)11(13)2/h3-8H,9,18H2,1-2H3,(H,19,20). The summed E-state index contributed by atoms with van der Waals surface area (Å²) in [5.74, 6) is -0.119. The lowest BCUT2D eigenvalue weighted by Crippen LogP contribution is -2.23. The molecule has 0 heterocycles. The van der Waals surface area contributed by atoms with Gasteiger partial charge >= 0.3 is 0 Å². The van der Waals surface area contributed by atoms with E-state index in [0.717, 1.165) is 22.4 Å². The van der Waals surface area contributed by atoms with E-state index in [2.05, 4.69) is 5.32 Å². The lowest BCUT2D eigenvalue weighted by molar-refractivity contribution is 0.0951. The van der Waals surface area contributed by atoms with Crippen LogP contribution in [0.1, 0.15) is 27.0 Å². The van der Waals surface area contributed by atoms with Gasteiger partial charge in [0.25, 0.3) is 5.91 Å². The fourth-order valence-corrected chi connectivity index (χ4v) is 2.08. The molecule has 0 bridgehead atoms. The minimum Gasteiger partial charge on any atom is -0.399 e. The number of nitrogens with two attached hydrogens (primary N) is 1. The maximum Gasteiger partial charge on any atom is 0.251 e. The van der Waals surface area contributed by atoms with Gasteiger partial charge in [-0.2, -0.15) is 0 Å². The molecule has 0 atom stereocenters. The third kappa shape index (κ3) is 3.11. The first-order chi connectivity index (χ1) is 9.49. The summed E-state index contributed by atoms with van der Waals surface area (Å²) in [4.78, 5) is 12.1. The minimum atomic E-state index is -0.119. The molecule has 0 aliphatic heterocycles. The van der Waals surface area contributed by atoms with Crippen LogP contribution in [0.2, 0.25) is 5.02 Å². The smallest absolute Gasteiger partial charge is 0.251 e. The Morgan fingerprint density at radius 1 is 1.25 bits per heavy atom. The summed E-state index contributed by atoms with van der Waals surface area (Å²) in [6.07, 6.45) is 0. The quantitative estimate of drug-likeness (QED) is 0.850. The van der Waals surface area contributed by atoms with Crippen molar-refractivity contribution < 1.29 is 4.79 Å². The van der Waals surface area contributed by atoms with Gasteiger partial charge in [0.2, 0.25) is 0 Å². The van der Waals surface area contributed by atoms with Crippen molar-refractivity contribution in [1.29, 1.82) is 0 Å². The summed E-state index contributed by atoms with van der Waals surface area (Å²) < 4.78 is 0. The molecule has 0 saturated carbocycles. The molecule has 2 rings (SSSR count). The lowest BCUT2D eigenvalue weighted by Gasteiger charge is -2.10. The molecule has 0 radical (unpaired) electrons. The molecule has 0 fully saturated rings. The summed E-state index contributed by atoms with van der Waals surface area (Å²) in [6, 6.07) is 10.9. The van der Waals surface area contributed by atoms with Crippen molar-refractivity contribution in [2.45, 2.75) is 20.4 Å². The van der Waals surface area contributed by atoms with E-state index in [-0.39, 0.29) is 5.91 Å². The molecule has 1 amide bonds. The molecule has 2 aromatic carbocycles. The predicted molar refractivity (Wildman–Crippen MR) is 83.0 cm³/mol. The van der Waals surface area contributed by atoms with Crippen molar-refractivity contribution in [2.75, 3.05) is 5.73 Å². The van der Waals surface area contributed by atoms with Crippen LogP contribution in [-0.2, 0) is 6.54 Å². The second kappa shape index (κ2) is 5.97. The highest BCUT2D eigenvalue weighted by atomic mass is 35.5. The Hall–Kier alpha value is -2.00. The molecule has 3 nitrogen and oxygen atoms in total. The van der Waals surface area contributed by atoms with E-state index in [1.54, 1.807) is 18.2 Å². The number of nitrogens with one attached hydrogen (secondary N) is 1. The van der Waals surface area contributed by atoms with E-state index in [1.165, 1.54) is 0 Å². The zero-order valence-corrected chi connectivity index (χ0v) is 12.3. The SMILES string of the molecule is Cc1cc(C(=O)NCc2cccc(N)c2C)ccc1Cl. The van der Waals surface area contributed by atoms with Gasteiger partial charge in [0.05, 0.1) is 0 Å². The van der Waals surface area contributed by atoms with Crippen molar-refractivity contribution >= 4 is 23.2 Å². The Bertz CT molecular complexity index is 653. The van der Waals surface area contributed by atoms with E-state index >= 15 is 0 Å². The van der Waals surface area contributed by atoms with E-state index in [1.807, 2.05) is 32.0 Å². The highest BCUT2D eigenvalue weighted by molar-refractivity contribution is 6.31. The number of halogens is 1. The molecule has 2 aromatic rings. The molecule has 104 valence electrons. The normalized spacial score (nSPS) is 10.3. The van der Waals surface area contributed by atoms with Crippen LogP contribution in [0.3, 0.4) is 0 Å². The summed E-state index contributed by atoms with van der Waals surface area (Å²) >= 11 is 5.95. The number of hydrogen-bond acceptors (Lipinski definition) is 2. The Balaban J connectivity index is 2.08.